The van der Waals surface area contributed by atoms with E-state index in [1.165, 1.54) is 11.3 Å². The molecule has 1 unspecified atom stereocenters. The minimum atomic E-state index is -0.471. The highest BCUT2D eigenvalue weighted by Crippen LogP contribution is 2.50. The van der Waals surface area contributed by atoms with E-state index in [2.05, 4.69) is 30.1 Å². The zero-order valence-electron chi connectivity index (χ0n) is 16.4. The van der Waals surface area contributed by atoms with E-state index in [9.17, 15) is 10.1 Å². The molecule has 148 valence electrons. The fourth-order valence-electron chi connectivity index (χ4n) is 4.23. The molecule has 0 radical (unpaired) electrons. The molecule has 4 rings (SSSR count). The van der Waals surface area contributed by atoms with Crippen LogP contribution in [-0.2, 0) is 4.79 Å². The van der Waals surface area contributed by atoms with Crippen LogP contribution in [0.5, 0.6) is 0 Å². The van der Waals surface area contributed by atoms with E-state index >= 15 is 0 Å². The number of aryl methyl sites for hydroxylation is 1. The Morgan fingerprint density at radius 2 is 2.17 bits per heavy atom. The smallest absolute Gasteiger partial charge is 0.216 e. The molecule has 1 aromatic carbocycles. The van der Waals surface area contributed by atoms with Gasteiger partial charge in [0.15, 0.2) is 9.74 Å². The largest absolute Gasteiger partial charge is 0.384 e. The van der Waals surface area contributed by atoms with E-state index in [-0.39, 0.29) is 11.2 Å². The molecule has 0 bridgehead atoms. The minimum absolute atomic E-state index is 0.0483. The number of nitrogens with zero attached hydrogens (tertiary/aromatic N) is 3. The molecule has 1 aliphatic heterocycles. The van der Waals surface area contributed by atoms with Gasteiger partial charge in [0.25, 0.3) is 0 Å². The molecule has 0 fully saturated rings. The lowest BCUT2D eigenvalue weighted by Crippen LogP contribution is -2.42. The Kier molecular flexibility index (Phi) is 4.68. The Hall–Kier alpha value is -2.76. The SMILES string of the molecule is Cc1cccc(C2C(C#N)=C(N)N(c3n[nH]c(=S)s3)C3=C2C(=O)CC(C)(C)C3)c1. The summed E-state index contributed by atoms with van der Waals surface area (Å²) in [7, 11) is 0. The zero-order chi connectivity index (χ0) is 20.9. The van der Waals surface area contributed by atoms with Crippen molar-refractivity contribution in [2.24, 2.45) is 11.1 Å². The van der Waals surface area contributed by atoms with E-state index in [1.54, 1.807) is 4.90 Å². The molecular formula is C21H21N5OS2. The topological polar surface area (TPSA) is 98.8 Å². The van der Waals surface area contributed by atoms with Crippen LogP contribution in [0.15, 0.2) is 46.9 Å². The summed E-state index contributed by atoms with van der Waals surface area (Å²) in [5, 5.41) is 17.6. The number of anilines is 1. The van der Waals surface area contributed by atoms with Crippen LogP contribution in [0.25, 0.3) is 0 Å². The number of hydrogen-bond donors (Lipinski definition) is 2. The number of rotatable bonds is 2. The average Bonchev–Trinajstić information content (AvgIpc) is 3.05. The van der Waals surface area contributed by atoms with E-state index in [0.717, 1.165) is 16.8 Å². The summed E-state index contributed by atoms with van der Waals surface area (Å²) in [6.45, 7) is 6.14. The second kappa shape index (κ2) is 6.94. The Bertz CT molecular complexity index is 1180. The number of benzene rings is 1. The van der Waals surface area contributed by atoms with Gasteiger partial charge in [0.1, 0.15) is 5.82 Å². The first-order chi connectivity index (χ1) is 13.7. The number of nitriles is 1. The highest BCUT2D eigenvalue weighted by molar-refractivity contribution is 7.73. The molecule has 1 atom stereocenters. The summed E-state index contributed by atoms with van der Waals surface area (Å²) in [6, 6.07) is 10.2. The van der Waals surface area contributed by atoms with E-state index in [0.29, 0.717) is 38.9 Å². The van der Waals surface area contributed by atoms with Crippen LogP contribution >= 0.6 is 23.6 Å². The summed E-state index contributed by atoms with van der Waals surface area (Å²) in [4.78, 5) is 15.1. The van der Waals surface area contributed by atoms with E-state index in [1.807, 2.05) is 31.2 Å². The van der Waals surface area contributed by atoms with Crippen LogP contribution in [-0.4, -0.2) is 16.0 Å². The van der Waals surface area contributed by atoms with Gasteiger partial charge in [0, 0.05) is 17.7 Å². The highest BCUT2D eigenvalue weighted by atomic mass is 32.1. The quantitative estimate of drug-likeness (QED) is 0.693. The van der Waals surface area contributed by atoms with Gasteiger partial charge in [-0.2, -0.15) is 5.26 Å². The maximum atomic E-state index is 13.4. The number of Topliss-reactive ketones (excluding diaryl/α,β-unsaturated/α-hetero) is 1. The van der Waals surface area contributed by atoms with Gasteiger partial charge in [-0.05, 0) is 36.5 Å². The first-order valence-corrected chi connectivity index (χ1v) is 10.5. The summed E-state index contributed by atoms with van der Waals surface area (Å²) in [5.74, 6) is -0.116. The number of carbonyl (C=O) groups is 1. The summed E-state index contributed by atoms with van der Waals surface area (Å²) >= 11 is 6.47. The normalized spacial score (nSPS) is 21.2. The predicted octanol–water partition coefficient (Wildman–Crippen LogP) is 4.45. The van der Waals surface area contributed by atoms with Crippen LogP contribution < -0.4 is 10.6 Å². The number of nitrogens with two attached hydrogens (primary N) is 1. The summed E-state index contributed by atoms with van der Waals surface area (Å²) < 4.78 is 0.510. The van der Waals surface area contributed by atoms with Gasteiger partial charge in [-0.15, -0.1) is 5.10 Å². The lowest BCUT2D eigenvalue weighted by Gasteiger charge is -2.42. The van der Waals surface area contributed by atoms with Crippen molar-refractivity contribution in [1.29, 1.82) is 5.26 Å². The van der Waals surface area contributed by atoms with Crippen molar-refractivity contribution in [2.75, 3.05) is 4.90 Å². The monoisotopic (exact) mass is 423 g/mol. The van der Waals surface area contributed by atoms with Crippen LogP contribution in [0.2, 0.25) is 0 Å². The Morgan fingerprint density at radius 3 is 2.79 bits per heavy atom. The maximum Gasteiger partial charge on any atom is 0.216 e. The number of hydrogen-bond acceptors (Lipinski definition) is 7. The van der Waals surface area contributed by atoms with Crippen molar-refractivity contribution in [3.05, 3.63) is 62.0 Å². The number of aromatic nitrogens is 2. The molecule has 8 heteroatoms. The second-order valence-electron chi connectivity index (χ2n) is 8.29. The fourth-order valence-corrected chi connectivity index (χ4v) is 5.15. The van der Waals surface area contributed by atoms with Gasteiger partial charge < -0.3 is 5.73 Å². The number of nitrogens with one attached hydrogen (secondary N) is 1. The Labute approximate surface area is 178 Å². The lowest BCUT2D eigenvalue weighted by atomic mass is 9.68. The van der Waals surface area contributed by atoms with Gasteiger partial charge in [0.2, 0.25) is 5.13 Å². The van der Waals surface area contributed by atoms with Crippen molar-refractivity contribution in [2.45, 2.75) is 39.5 Å². The molecule has 1 aromatic heterocycles. The van der Waals surface area contributed by atoms with Gasteiger partial charge in [0.05, 0.1) is 17.6 Å². The molecule has 2 aromatic rings. The zero-order valence-corrected chi connectivity index (χ0v) is 18.1. The molecule has 0 spiro atoms. The third-order valence-electron chi connectivity index (χ3n) is 5.37. The van der Waals surface area contributed by atoms with Crippen molar-refractivity contribution >= 4 is 34.5 Å². The van der Waals surface area contributed by atoms with Gasteiger partial charge >= 0.3 is 0 Å². The molecular weight excluding hydrogens is 402 g/mol. The maximum absolute atomic E-state index is 13.4. The van der Waals surface area contributed by atoms with Crippen molar-refractivity contribution in [3.8, 4) is 6.07 Å². The van der Waals surface area contributed by atoms with Crippen molar-refractivity contribution in [3.63, 3.8) is 0 Å². The van der Waals surface area contributed by atoms with Crippen LogP contribution in [0.3, 0.4) is 0 Å². The molecule has 0 amide bonds. The number of carbonyl (C=O) groups excluding carboxylic acids is 1. The molecule has 0 saturated heterocycles. The Morgan fingerprint density at radius 1 is 1.41 bits per heavy atom. The van der Waals surface area contributed by atoms with Crippen LogP contribution in [0.1, 0.15) is 43.7 Å². The summed E-state index contributed by atoms with van der Waals surface area (Å²) in [6.07, 6.45) is 1.08. The predicted molar refractivity (Wildman–Crippen MR) is 116 cm³/mol. The van der Waals surface area contributed by atoms with Gasteiger partial charge in [-0.3, -0.25) is 14.8 Å². The molecule has 2 aliphatic rings. The molecule has 6 nitrogen and oxygen atoms in total. The molecule has 29 heavy (non-hydrogen) atoms. The number of allylic oxidation sites excluding steroid dienone is 3. The van der Waals surface area contributed by atoms with E-state index < -0.39 is 5.92 Å². The number of aromatic amines is 1. The van der Waals surface area contributed by atoms with Crippen molar-refractivity contribution < 1.29 is 4.79 Å². The average molecular weight is 424 g/mol. The first kappa shape index (κ1) is 19.6. The van der Waals surface area contributed by atoms with Crippen molar-refractivity contribution in [1.82, 2.24) is 10.2 Å². The van der Waals surface area contributed by atoms with Crippen LogP contribution in [0, 0.1) is 27.6 Å². The van der Waals surface area contributed by atoms with E-state index in [4.69, 9.17) is 18.0 Å². The minimum Gasteiger partial charge on any atom is -0.384 e. The van der Waals surface area contributed by atoms with Crippen LogP contribution in [0.4, 0.5) is 5.13 Å². The second-order valence-corrected chi connectivity index (χ2v) is 9.93. The molecule has 3 N–H and O–H groups in total. The number of H-pyrrole nitrogens is 1. The molecule has 1 aliphatic carbocycles. The fraction of sp³-hybridized carbons (Fsp3) is 0.333. The standard InChI is InChI=1S/C21H21N5OS2/c1-11-5-4-6-12(7-11)16-13(10-22)18(23)26(19-24-25-20(28)29-19)14-8-21(2,3)9-15(27)17(14)16/h4-7,16H,8-9,23H2,1-3H3,(H,25,28). The number of ketones is 1. The first-order valence-electron chi connectivity index (χ1n) is 9.30. The lowest BCUT2D eigenvalue weighted by molar-refractivity contribution is -0.118. The Balaban J connectivity index is 2.02. The summed E-state index contributed by atoms with van der Waals surface area (Å²) in [5.41, 5.74) is 10.1. The van der Waals surface area contributed by atoms with Gasteiger partial charge in [-0.25, -0.2) is 0 Å². The third kappa shape index (κ3) is 3.30. The molecule has 2 heterocycles. The van der Waals surface area contributed by atoms with Gasteiger partial charge in [-0.1, -0.05) is 55.0 Å². The highest BCUT2D eigenvalue weighted by Gasteiger charge is 2.45. The molecule has 0 saturated carbocycles. The third-order valence-corrected chi connectivity index (χ3v) is 6.45.